The van der Waals surface area contributed by atoms with Gasteiger partial charge in [-0.3, -0.25) is 4.79 Å². The molecule has 4 heteroatoms. The van der Waals surface area contributed by atoms with Crippen LogP contribution < -0.4 is 10.6 Å². The molecule has 0 aliphatic carbocycles. The standard InChI is InChI=1S/C17H17N3O/c1-18-17(21)14-4-6-15(7-5-14)20-11-12-2-3-13-8-9-19-16(13)10-12/h2-10,19-20H,11H2,1H3,(H,18,21). The Hall–Kier alpha value is -2.75. The van der Waals surface area contributed by atoms with Gasteiger partial charge in [-0.2, -0.15) is 0 Å². The van der Waals surface area contributed by atoms with Crippen LogP contribution in [0.4, 0.5) is 5.69 Å². The van der Waals surface area contributed by atoms with Crippen LogP contribution in [0.3, 0.4) is 0 Å². The number of hydrogen-bond donors (Lipinski definition) is 3. The van der Waals surface area contributed by atoms with Gasteiger partial charge in [0.05, 0.1) is 0 Å². The molecule has 0 bridgehead atoms. The van der Waals surface area contributed by atoms with E-state index in [-0.39, 0.29) is 5.91 Å². The lowest BCUT2D eigenvalue weighted by Crippen LogP contribution is -2.17. The number of hydrogen-bond acceptors (Lipinski definition) is 2. The van der Waals surface area contributed by atoms with Crippen LogP contribution in [-0.2, 0) is 6.54 Å². The largest absolute Gasteiger partial charge is 0.381 e. The Bertz CT molecular complexity index is 759. The minimum absolute atomic E-state index is 0.0706. The summed E-state index contributed by atoms with van der Waals surface area (Å²) in [5.74, 6) is -0.0706. The summed E-state index contributed by atoms with van der Waals surface area (Å²) >= 11 is 0. The van der Waals surface area contributed by atoms with Gasteiger partial charge in [-0.25, -0.2) is 0 Å². The van der Waals surface area contributed by atoms with Gasteiger partial charge in [-0.15, -0.1) is 0 Å². The van der Waals surface area contributed by atoms with Crippen molar-refractivity contribution in [1.82, 2.24) is 10.3 Å². The summed E-state index contributed by atoms with van der Waals surface area (Å²) in [7, 11) is 1.63. The molecular formula is C17H17N3O. The number of H-pyrrole nitrogens is 1. The Morgan fingerprint density at radius 3 is 2.67 bits per heavy atom. The lowest BCUT2D eigenvalue weighted by molar-refractivity contribution is 0.0963. The van der Waals surface area contributed by atoms with Crippen molar-refractivity contribution in [2.45, 2.75) is 6.54 Å². The first-order chi connectivity index (χ1) is 10.3. The van der Waals surface area contributed by atoms with Gasteiger partial charge in [0.2, 0.25) is 0 Å². The van der Waals surface area contributed by atoms with Gasteiger partial charge in [0.1, 0.15) is 0 Å². The zero-order valence-corrected chi connectivity index (χ0v) is 11.8. The van der Waals surface area contributed by atoms with E-state index < -0.39 is 0 Å². The second-order valence-corrected chi connectivity index (χ2v) is 4.91. The molecule has 0 saturated heterocycles. The molecule has 0 saturated carbocycles. The number of anilines is 1. The molecular weight excluding hydrogens is 262 g/mol. The second-order valence-electron chi connectivity index (χ2n) is 4.91. The molecule has 0 aliphatic heterocycles. The monoisotopic (exact) mass is 279 g/mol. The molecule has 0 unspecified atom stereocenters. The summed E-state index contributed by atoms with van der Waals surface area (Å²) in [5.41, 5.74) is 4.01. The number of benzene rings is 2. The highest BCUT2D eigenvalue weighted by atomic mass is 16.1. The lowest BCUT2D eigenvalue weighted by Gasteiger charge is -2.07. The number of rotatable bonds is 4. The van der Waals surface area contributed by atoms with Crippen molar-refractivity contribution in [1.29, 1.82) is 0 Å². The molecule has 1 aromatic heterocycles. The van der Waals surface area contributed by atoms with E-state index in [1.165, 1.54) is 10.9 Å². The van der Waals surface area contributed by atoms with Gasteiger partial charge < -0.3 is 15.6 Å². The van der Waals surface area contributed by atoms with Crippen LogP contribution in [0.15, 0.2) is 54.7 Å². The van der Waals surface area contributed by atoms with Crippen molar-refractivity contribution in [3.05, 3.63) is 65.9 Å². The quantitative estimate of drug-likeness (QED) is 0.687. The average molecular weight is 279 g/mol. The van der Waals surface area contributed by atoms with E-state index in [0.717, 1.165) is 17.7 Å². The van der Waals surface area contributed by atoms with Crippen LogP contribution in [0.25, 0.3) is 10.9 Å². The van der Waals surface area contributed by atoms with Gasteiger partial charge in [0, 0.05) is 36.6 Å². The SMILES string of the molecule is CNC(=O)c1ccc(NCc2ccc3cc[nH]c3c2)cc1. The molecule has 2 aromatic carbocycles. The summed E-state index contributed by atoms with van der Waals surface area (Å²) in [6.07, 6.45) is 1.94. The molecule has 3 rings (SSSR count). The maximum atomic E-state index is 11.5. The Morgan fingerprint density at radius 1 is 1.10 bits per heavy atom. The molecule has 0 aliphatic rings. The maximum Gasteiger partial charge on any atom is 0.251 e. The normalized spacial score (nSPS) is 10.5. The first-order valence-electron chi connectivity index (χ1n) is 6.88. The van der Waals surface area contributed by atoms with E-state index in [4.69, 9.17) is 0 Å². The topological polar surface area (TPSA) is 56.9 Å². The van der Waals surface area contributed by atoms with Crippen LogP contribution in [0.5, 0.6) is 0 Å². The molecule has 4 nitrogen and oxygen atoms in total. The third-order valence-corrected chi connectivity index (χ3v) is 3.49. The van der Waals surface area contributed by atoms with Crippen LogP contribution >= 0.6 is 0 Å². The van der Waals surface area contributed by atoms with E-state index in [2.05, 4.69) is 39.9 Å². The van der Waals surface area contributed by atoms with Crippen molar-refractivity contribution < 1.29 is 4.79 Å². The van der Waals surface area contributed by atoms with Crippen molar-refractivity contribution in [2.24, 2.45) is 0 Å². The molecule has 0 spiro atoms. The molecule has 0 atom stereocenters. The minimum atomic E-state index is -0.0706. The van der Waals surface area contributed by atoms with Gasteiger partial charge in [0.15, 0.2) is 0 Å². The average Bonchev–Trinajstić information content (AvgIpc) is 3.00. The highest BCUT2D eigenvalue weighted by molar-refractivity contribution is 5.94. The van der Waals surface area contributed by atoms with Crippen LogP contribution in [0.2, 0.25) is 0 Å². The van der Waals surface area contributed by atoms with E-state index in [1.54, 1.807) is 7.05 Å². The van der Waals surface area contributed by atoms with E-state index >= 15 is 0 Å². The summed E-state index contributed by atoms with van der Waals surface area (Å²) in [5, 5.41) is 7.18. The Labute approximate surface area is 123 Å². The maximum absolute atomic E-state index is 11.5. The van der Waals surface area contributed by atoms with E-state index in [1.807, 2.05) is 30.5 Å². The number of aromatic nitrogens is 1. The summed E-state index contributed by atoms with van der Waals surface area (Å²) in [6.45, 7) is 0.744. The second kappa shape index (κ2) is 5.71. The third kappa shape index (κ3) is 2.89. The number of aromatic amines is 1. The van der Waals surface area contributed by atoms with Crippen molar-refractivity contribution in [3.8, 4) is 0 Å². The van der Waals surface area contributed by atoms with Crippen molar-refractivity contribution in [3.63, 3.8) is 0 Å². The summed E-state index contributed by atoms with van der Waals surface area (Å²) in [6, 6.07) is 15.9. The van der Waals surface area contributed by atoms with Crippen LogP contribution in [-0.4, -0.2) is 17.9 Å². The zero-order chi connectivity index (χ0) is 14.7. The smallest absolute Gasteiger partial charge is 0.251 e. The van der Waals surface area contributed by atoms with Gasteiger partial charge in [-0.1, -0.05) is 12.1 Å². The first-order valence-corrected chi connectivity index (χ1v) is 6.88. The number of nitrogens with one attached hydrogen (secondary N) is 3. The number of carbonyl (C=O) groups is 1. The number of fused-ring (bicyclic) bond motifs is 1. The van der Waals surface area contributed by atoms with Crippen LogP contribution in [0, 0.1) is 0 Å². The summed E-state index contributed by atoms with van der Waals surface area (Å²) in [4.78, 5) is 14.7. The van der Waals surface area contributed by atoms with Crippen molar-refractivity contribution in [2.75, 3.05) is 12.4 Å². The summed E-state index contributed by atoms with van der Waals surface area (Å²) < 4.78 is 0. The van der Waals surface area contributed by atoms with Gasteiger partial charge in [-0.05, 0) is 47.3 Å². The van der Waals surface area contributed by atoms with E-state index in [9.17, 15) is 4.79 Å². The molecule has 3 aromatic rings. The Kier molecular flexibility index (Phi) is 3.60. The minimum Gasteiger partial charge on any atom is -0.381 e. The molecule has 106 valence electrons. The van der Waals surface area contributed by atoms with Gasteiger partial charge in [0.25, 0.3) is 5.91 Å². The first kappa shape index (κ1) is 13.2. The Morgan fingerprint density at radius 2 is 1.90 bits per heavy atom. The molecule has 0 radical (unpaired) electrons. The third-order valence-electron chi connectivity index (χ3n) is 3.49. The zero-order valence-electron chi connectivity index (χ0n) is 11.8. The molecule has 1 heterocycles. The van der Waals surface area contributed by atoms with Crippen molar-refractivity contribution >= 4 is 22.5 Å². The molecule has 3 N–H and O–H groups in total. The molecule has 1 amide bonds. The number of amides is 1. The predicted octanol–water partition coefficient (Wildman–Crippen LogP) is 3.14. The Balaban J connectivity index is 1.67. The highest BCUT2D eigenvalue weighted by Gasteiger charge is 2.02. The predicted molar refractivity (Wildman–Crippen MR) is 85.5 cm³/mol. The fourth-order valence-corrected chi connectivity index (χ4v) is 2.29. The van der Waals surface area contributed by atoms with Gasteiger partial charge >= 0.3 is 0 Å². The molecule has 0 fully saturated rings. The lowest BCUT2D eigenvalue weighted by atomic mass is 10.1. The van der Waals surface area contributed by atoms with Crippen LogP contribution in [0.1, 0.15) is 15.9 Å². The fraction of sp³-hybridized carbons (Fsp3) is 0.118. The van der Waals surface area contributed by atoms with E-state index in [0.29, 0.717) is 5.56 Å². The fourth-order valence-electron chi connectivity index (χ4n) is 2.29. The highest BCUT2D eigenvalue weighted by Crippen LogP contribution is 2.16. The number of carbonyl (C=O) groups excluding carboxylic acids is 1. The molecule has 21 heavy (non-hydrogen) atoms.